The molecule has 0 bridgehead atoms. The Bertz CT molecular complexity index is 470. The largest absolute Gasteiger partial charge is 0.497 e. The van der Waals surface area contributed by atoms with Crippen molar-refractivity contribution in [2.45, 2.75) is 12.5 Å². The Kier molecular flexibility index (Phi) is 3.24. The highest BCUT2D eigenvalue weighted by Crippen LogP contribution is 2.24. The Labute approximate surface area is 99.1 Å². The van der Waals surface area contributed by atoms with Crippen molar-refractivity contribution in [1.29, 1.82) is 0 Å². The molecule has 0 radical (unpaired) electrons. The lowest BCUT2D eigenvalue weighted by molar-refractivity contribution is 0.0939. The van der Waals surface area contributed by atoms with Gasteiger partial charge in [-0.2, -0.15) is 0 Å². The van der Waals surface area contributed by atoms with E-state index in [0.717, 1.165) is 0 Å². The van der Waals surface area contributed by atoms with Crippen LogP contribution in [0.4, 0.5) is 4.39 Å². The summed E-state index contributed by atoms with van der Waals surface area (Å²) in [6.07, 6.45) is 4.07. The number of halogens is 1. The van der Waals surface area contributed by atoms with Crippen LogP contribution in [0.3, 0.4) is 0 Å². The standard InChI is InChI=1S/C13H14FNO2/c1-17-10-4-5-11(12(14)7-10)13(16)8-2-3-9(15)6-8/h2-5,7-9H,6,15H2,1H3. The molecule has 2 atom stereocenters. The quantitative estimate of drug-likeness (QED) is 0.643. The lowest BCUT2D eigenvalue weighted by Gasteiger charge is -2.09. The average Bonchev–Trinajstić information content (AvgIpc) is 2.75. The molecule has 17 heavy (non-hydrogen) atoms. The van der Waals surface area contributed by atoms with E-state index in [1.54, 1.807) is 18.2 Å². The number of benzene rings is 1. The van der Waals surface area contributed by atoms with E-state index >= 15 is 0 Å². The maximum absolute atomic E-state index is 13.7. The maximum atomic E-state index is 13.7. The summed E-state index contributed by atoms with van der Waals surface area (Å²) in [7, 11) is 1.45. The van der Waals surface area contributed by atoms with E-state index < -0.39 is 5.82 Å². The van der Waals surface area contributed by atoms with E-state index in [9.17, 15) is 9.18 Å². The molecule has 2 unspecified atom stereocenters. The van der Waals surface area contributed by atoms with Gasteiger partial charge in [0, 0.05) is 18.0 Å². The molecule has 2 rings (SSSR count). The van der Waals surface area contributed by atoms with E-state index in [1.807, 2.05) is 0 Å². The minimum atomic E-state index is -0.553. The maximum Gasteiger partial charge on any atom is 0.172 e. The lowest BCUT2D eigenvalue weighted by Crippen LogP contribution is -2.19. The molecule has 90 valence electrons. The summed E-state index contributed by atoms with van der Waals surface area (Å²) in [6, 6.07) is 4.14. The number of carbonyl (C=O) groups is 1. The van der Waals surface area contributed by atoms with Crippen molar-refractivity contribution in [3.05, 3.63) is 41.7 Å². The van der Waals surface area contributed by atoms with Crippen LogP contribution in [-0.2, 0) is 0 Å². The number of Topliss-reactive ketones (excluding diaryl/α,β-unsaturated/α-hetero) is 1. The Morgan fingerprint density at radius 1 is 1.47 bits per heavy atom. The molecule has 3 nitrogen and oxygen atoms in total. The molecule has 0 saturated heterocycles. The van der Waals surface area contributed by atoms with Crippen LogP contribution in [0, 0.1) is 11.7 Å². The zero-order chi connectivity index (χ0) is 12.4. The zero-order valence-corrected chi connectivity index (χ0v) is 9.52. The van der Waals surface area contributed by atoms with Crippen molar-refractivity contribution in [3.8, 4) is 5.75 Å². The van der Waals surface area contributed by atoms with Gasteiger partial charge < -0.3 is 10.5 Å². The summed E-state index contributed by atoms with van der Waals surface area (Å²) in [5, 5.41) is 0. The fraction of sp³-hybridized carbons (Fsp3) is 0.308. The number of hydrogen-bond donors (Lipinski definition) is 1. The van der Waals surface area contributed by atoms with Gasteiger partial charge >= 0.3 is 0 Å². The van der Waals surface area contributed by atoms with Gasteiger partial charge in [-0.3, -0.25) is 4.79 Å². The van der Waals surface area contributed by atoms with E-state index in [4.69, 9.17) is 10.5 Å². The van der Waals surface area contributed by atoms with Crippen LogP contribution in [0.5, 0.6) is 5.75 Å². The van der Waals surface area contributed by atoms with Crippen LogP contribution in [0.25, 0.3) is 0 Å². The van der Waals surface area contributed by atoms with Crippen molar-refractivity contribution in [2.24, 2.45) is 11.7 Å². The van der Waals surface area contributed by atoms with Gasteiger partial charge in [0.25, 0.3) is 0 Å². The number of nitrogens with two attached hydrogens (primary N) is 1. The van der Waals surface area contributed by atoms with Crippen LogP contribution in [0.1, 0.15) is 16.8 Å². The Morgan fingerprint density at radius 2 is 2.24 bits per heavy atom. The predicted octanol–water partition coefficient (Wildman–Crippen LogP) is 1.92. The molecule has 0 aromatic heterocycles. The average molecular weight is 235 g/mol. The normalized spacial score (nSPS) is 22.8. The molecule has 0 saturated carbocycles. The van der Waals surface area contributed by atoms with Gasteiger partial charge in [0.15, 0.2) is 5.78 Å². The van der Waals surface area contributed by atoms with Crippen LogP contribution in [0.15, 0.2) is 30.4 Å². The second-order valence-electron chi connectivity index (χ2n) is 4.10. The highest BCUT2D eigenvalue weighted by atomic mass is 19.1. The number of carbonyl (C=O) groups excluding carboxylic acids is 1. The van der Waals surface area contributed by atoms with Gasteiger partial charge in [0.05, 0.1) is 12.7 Å². The fourth-order valence-corrected chi connectivity index (χ4v) is 1.94. The highest BCUT2D eigenvalue weighted by Gasteiger charge is 2.25. The predicted molar refractivity (Wildman–Crippen MR) is 62.5 cm³/mol. The highest BCUT2D eigenvalue weighted by molar-refractivity contribution is 5.99. The third-order valence-electron chi connectivity index (χ3n) is 2.90. The molecule has 0 fully saturated rings. The van der Waals surface area contributed by atoms with Gasteiger partial charge in [-0.1, -0.05) is 12.2 Å². The minimum Gasteiger partial charge on any atom is -0.497 e. The molecule has 0 amide bonds. The molecule has 0 heterocycles. The Morgan fingerprint density at radius 3 is 2.76 bits per heavy atom. The second kappa shape index (κ2) is 4.67. The van der Waals surface area contributed by atoms with E-state index in [1.165, 1.54) is 19.2 Å². The molecule has 1 aromatic carbocycles. The van der Waals surface area contributed by atoms with Crippen molar-refractivity contribution >= 4 is 5.78 Å². The second-order valence-corrected chi connectivity index (χ2v) is 4.10. The molecular formula is C13H14FNO2. The number of allylic oxidation sites excluding steroid dienone is 1. The molecule has 1 aromatic rings. The first-order valence-corrected chi connectivity index (χ1v) is 5.43. The van der Waals surface area contributed by atoms with E-state index in [-0.39, 0.29) is 23.3 Å². The van der Waals surface area contributed by atoms with E-state index in [2.05, 4.69) is 0 Å². The first kappa shape index (κ1) is 11.8. The van der Waals surface area contributed by atoms with Crippen LogP contribution in [0.2, 0.25) is 0 Å². The third-order valence-corrected chi connectivity index (χ3v) is 2.90. The summed E-state index contributed by atoms with van der Waals surface area (Å²) >= 11 is 0. The lowest BCUT2D eigenvalue weighted by atomic mass is 9.96. The number of ether oxygens (including phenoxy) is 1. The molecule has 0 spiro atoms. The van der Waals surface area contributed by atoms with Crippen LogP contribution >= 0.6 is 0 Å². The molecule has 0 aliphatic heterocycles. The minimum absolute atomic E-state index is 0.0922. The smallest absolute Gasteiger partial charge is 0.172 e. The van der Waals surface area contributed by atoms with Gasteiger partial charge in [-0.15, -0.1) is 0 Å². The molecular weight excluding hydrogens is 221 g/mol. The number of methoxy groups -OCH3 is 1. The van der Waals surface area contributed by atoms with Crippen LogP contribution < -0.4 is 10.5 Å². The summed E-state index contributed by atoms with van der Waals surface area (Å²) in [5.74, 6) is -0.691. The number of rotatable bonds is 3. The van der Waals surface area contributed by atoms with Crippen LogP contribution in [-0.4, -0.2) is 18.9 Å². The first-order valence-electron chi connectivity index (χ1n) is 5.43. The molecule has 4 heteroatoms. The molecule has 1 aliphatic rings. The van der Waals surface area contributed by atoms with Crippen molar-refractivity contribution in [1.82, 2.24) is 0 Å². The summed E-state index contributed by atoms with van der Waals surface area (Å²) in [5.41, 5.74) is 5.76. The van der Waals surface area contributed by atoms with Crippen molar-refractivity contribution in [3.63, 3.8) is 0 Å². The van der Waals surface area contributed by atoms with Crippen molar-refractivity contribution in [2.75, 3.05) is 7.11 Å². The van der Waals surface area contributed by atoms with Crippen molar-refractivity contribution < 1.29 is 13.9 Å². The SMILES string of the molecule is COc1ccc(C(=O)C2C=CC(N)C2)c(F)c1. The van der Waals surface area contributed by atoms with Gasteiger partial charge in [0.2, 0.25) is 0 Å². The zero-order valence-electron chi connectivity index (χ0n) is 9.52. The third kappa shape index (κ3) is 2.36. The first-order chi connectivity index (χ1) is 8.11. The molecule has 1 aliphatic carbocycles. The van der Waals surface area contributed by atoms with Gasteiger partial charge in [0.1, 0.15) is 11.6 Å². The van der Waals surface area contributed by atoms with E-state index in [0.29, 0.717) is 12.2 Å². The number of ketones is 1. The van der Waals surface area contributed by atoms with Gasteiger partial charge in [-0.05, 0) is 18.6 Å². The Hall–Kier alpha value is -1.68. The molecule has 2 N–H and O–H groups in total. The summed E-state index contributed by atoms with van der Waals surface area (Å²) in [6.45, 7) is 0. The topological polar surface area (TPSA) is 52.3 Å². The summed E-state index contributed by atoms with van der Waals surface area (Å²) < 4.78 is 18.6. The summed E-state index contributed by atoms with van der Waals surface area (Å²) in [4.78, 5) is 12.0. The Balaban J connectivity index is 2.23. The number of hydrogen-bond acceptors (Lipinski definition) is 3. The fourth-order valence-electron chi connectivity index (χ4n) is 1.94. The monoisotopic (exact) mass is 235 g/mol. The van der Waals surface area contributed by atoms with Gasteiger partial charge in [-0.25, -0.2) is 4.39 Å².